The van der Waals surface area contributed by atoms with Crippen LogP contribution in [0.3, 0.4) is 0 Å². The Bertz CT molecular complexity index is 1030. The van der Waals surface area contributed by atoms with Gasteiger partial charge >= 0.3 is 0 Å². The van der Waals surface area contributed by atoms with E-state index in [4.69, 9.17) is 23.1 Å². The maximum absolute atomic E-state index is 12.0. The number of hydrogen-bond donors (Lipinski definition) is 3. The van der Waals surface area contributed by atoms with Crippen LogP contribution in [0.15, 0.2) is 12.1 Å². The van der Waals surface area contributed by atoms with Gasteiger partial charge in [0.25, 0.3) is 5.91 Å². The highest BCUT2D eigenvalue weighted by Crippen LogP contribution is 2.36. The van der Waals surface area contributed by atoms with Crippen molar-refractivity contribution in [3.8, 4) is 5.69 Å². The molecule has 8 heteroatoms. The zero-order valence-corrected chi connectivity index (χ0v) is 14.8. The molecule has 7 nitrogen and oxygen atoms in total. The van der Waals surface area contributed by atoms with Gasteiger partial charge in [0.15, 0.2) is 5.65 Å². The minimum atomic E-state index is -0.689. The van der Waals surface area contributed by atoms with Crippen molar-refractivity contribution in [2.45, 2.75) is 27.4 Å². The molecular formula is C17H18ClN5O2. The SMILES string of the molecule is Cc1ccc(CO)c(Cl)c1-n1c(N)c(C(N)=O)c2nc(C)c(C)nc21. The number of aryl methyl sites for hydroxylation is 3. The fraction of sp³-hybridized carbons (Fsp3) is 0.235. The summed E-state index contributed by atoms with van der Waals surface area (Å²) in [5.74, 6) is -0.571. The summed E-state index contributed by atoms with van der Waals surface area (Å²) < 4.78 is 1.58. The van der Waals surface area contributed by atoms with E-state index in [9.17, 15) is 9.90 Å². The van der Waals surface area contributed by atoms with Gasteiger partial charge in [0, 0.05) is 0 Å². The Kier molecular flexibility index (Phi) is 4.14. The number of carbonyl (C=O) groups excluding carboxylic acids is 1. The molecule has 0 bridgehead atoms. The van der Waals surface area contributed by atoms with Crippen molar-refractivity contribution >= 4 is 34.5 Å². The summed E-state index contributed by atoms with van der Waals surface area (Å²) in [6.45, 7) is 5.24. The highest BCUT2D eigenvalue weighted by atomic mass is 35.5. The number of benzene rings is 1. The molecule has 1 aromatic carbocycles. The van der Waals surface area contributed by atoms with Gasteiger partial charge in [-0.05, 0) is 31.9 Å². The van der Waals surface area contributed by atoms with Gasteiger partial charge in [-0.1, -0.05) is 23.7 Å². The quantitative estimate of drug-likeness (QED) is 0.661. The molecule has 3 rings (SSSR count). The summed E-state index contributed by atoms with van der Waals surface area (Å²) in [6.07, 6.45) is 0. The first kappa shape index (κ1) is 17.2. The van der Waals surface area contributed by atoms with Crippen molar-refractivity contribution in [2.24, 2.45) is 5.73 Å². The largest absolute Gasteiger partial charge is 0.392 e. The highest BCUT2D eigenvalue weighted by Gasteiger charge is 2.25. The number of amides is 1. The molecule has 0 fully saturated rings. The highest BCUT2D eigenvalue weighted by molar-refractivity contribution is 6.33. The van der Waals surface area contributed by atoms with Crippen LogP contribution in [0.5, 0.6) is 0 Å². The molecule has 0 aliphatic rings. The zero-order chi connectivity index (χ0) is 18.5. The monoisotopic (exact) mass is 359 g/mol. The van der Waals surface area contributed by atoms with Crippen LogP contribution in [-0.4, -0.2) is 25.5 Å². The number of fused-ring (bicyclic) bond motifs is 1. The number of nitrogens with two attached hydrogens (primary N) is 2. The fourth-order valence-electron chi connectivity index (χ4n) is 2.83. The third-order valence-electron chi connectivity index (χ3n) is 4.27. The van der Waals surface area contributed by atoms with E-state index in [2.05, 4.69) is 9.97 Å². The maximum atomic E-state index is 12.0. The van der Waals surface area contributed by atoms with Gasteiger partial charge < -0.3 is 16.6 Å². The van der Waals surface area contributed by atoms with Crippen molar-refractivity contribution in [3.63, 3.8) is 0 Å². The number of nitrogens with zero attached hydrogens (tertiary/aromatic N) is 3. The molecule has 130 valence electrons. The lowest BCUT2D eigenvalue weighted by Gasteiger charge is -2.15. The summed E-state index contributed by atoms with van der Waals surface area (Å²) >= 11 is 6.48. The molecule has 0 spiro atoms. The number of halogens is 1. The summed E-state index contributed by atoms with van der Waals surface area (Å²) in [6, 6.07) is 3.55. The molecule has 2 heterocycles. The molecule has 3 aromatic rings. The second kappa shape index (κ2) is 6.02. The Morgan fingerprint density at radius 2 is 1.88 bits per heavy atom. The molecular weight excluding hydrogens is 342 g/mol. The Labute approximate surface area is 149 Å². The molecule has 25 heavy (non-hydrogen) atoms. The van der Waals surface area contributed by atoms with E-state index >= 15 is 0 Å². The van der Waals surface area contributed by atoms with Gasteiger partial charge in [-0.25, -0.2) is 9.97 Å². The van der Waals surface area contributed by atoms with E-state index in [1.54, 1.807) is 17.6 Å². The van der Waals surface area contributed by atoms with Crippen LogP contribution in [0.2, 0.25) is 5.02 Å². The first-order valence-corrected chi connectivity index (χ1v) is 7.99. The number of hydrogen-bond acceptors (Lipinski definition) is 5. The molecule has 0 saturated carbocycles. The van der Waals surface area contributed by atoms with Crippen LogP contribution >= 0.6 is 11.6 Å². The van der Waals surface area contributed by atoms with Gasteiger partial charge in [0.1, 0.15) is 16.9 Å². The number of aliphatic hydroxyl groups excluding tert-OH is 1. The van der Waals surface area contributed by atoms with Crippen LogP contribution in [0, 0.1) is 20.8 Å². The van der Waals surface area contributed by atoms with Crippen molar-refractivity contribution in [1.29, 1.82) is 0 Å². The predicted molar refractivity (Wildman–Crippen MR) is 96.9 cm³/mol. The minimum Gasteiger partial charge on any atom is -0.392 e. The lowest BCUT2D eigenvalue weighted by atomic mass is 10.1. The van der Waals surface area contributed by atoms with Crippen molar-refractivity contribution in [2.75, 3.05) is 5.73 Å². The van der Waals surface area contributed by atoms with Crippen LogP contribution in [0.1, 0.15) is 32.9 Å². The smallest absolute Gasteiger partial charge is 0.254 e. The standard InChI is InChI=1S/C17H18ClN5O2/c1-7-4-5-10(6-24)12(18)14(7)23-15(19)11(16(20)25)13-17(23)22-9(3)8(2)21-13/h4-5,24H,6,19H2,1-3H3,(H2,20,25). The van der Waals surface area contributed by atoms with Crippen molar-refractivity contribution < 1.29 is 9.90 Å². The van der Waals surface area contributed by atoms with Gasteiger partial charge in [0.05, 0.1) is 28.7 Å². The Morgan fingerprint density at radius 1 is 1.24 bits per heavy atom. The van der Waals surface area contributed by atoms with E-state index < -0.39 is 5.91 Å². The van der Waals surface area contributed by atoms with Crippen molar-refractivity contribution in [1.82, 2.24) is 14.5 Å². The molecule has 2 aromatic heterocycles. The summed E-state index contributed by atoms with van der Waals surface area (Å²) in [7, 11) is 0. The van der Waals surface area contributed by atoms with Gasteiger partial charge in [-0.2, -0.15) is 0 Å². The average molecular weight is 360 g/mol. The van der Waals surface area contributed by atoms with Gasteiger partial charge in [0.2, 0.25) is 0 Å². The number of anilines is 1. The van der Waals surface area contributed by atoms with Crippen LogP contribution in [0.25, 0.3) is 16.9 Å². The Hall–Kier alpha value is -2.64. The fourth-order valence-corrected chi connectivity index (χ4v) is 3.19. The van der Waals surface area contributed by atoms with Gasteiger partial charge in [-0.15, -0.1) is 0 Å². The molecule has 0 aliphatic carbocycles. The van der Waals surface area contributed by atoms with E-state index in [0.717, 1.165) is 5.56 Å². The number of aliphatic hydroxyl groups is 1. The molecule has 0 atom stereocenters. The molecule has 1 amide bonds. The third-order valence-corrected chi connectivity index (χ3v) is 4.69. The Balaban J connectivity index is 2.52. The van der Waals surface area contributed by atoms with Crippen LogP contribution < -0.4 is 11.5 Å². The maximum Gasteiger partial charge on any atom is 0.254 e. The van der Waals surface area contributed by atoms with Crippen molar-refractivity contribution in [3.05, 3.63) is 45.2 Å². The molecule has 5 N–H and O–H groups in total. The second-order valence-corrected chi connectivity index (χ2v) is 6.27. The van der Waals surface area contributed by atoms with Gasteiger partial charge in [-0.3, -0.25) is 9.36 Å². The molecule has 0 unspecified atom stereocenters. The van der Waals surface area contributed by atoms with E-state index in [-0.39, 0.29) is 18.0 Å². The molecule has 0 radical (unpaired) electrons. The lowest BCUT2D eigenvalue weighted by molar-refractivity contribution is 0.100. The van der Waals surface area contributed by atoms with Crippen LogP contribution in [0.4, 0.5) is 5.82 Å². The Morgan fingerprint density at radius 3 is 2.48 bits per heavy atom. The third kappa shape index (κ3) is 2.52. The average Bonchev–Trinajstić information content (AvgIpc) is 2.80. The van der Waals surface area contributed by atoms with E-state index in [1.165, 1.54) is 0 Å². The number of rotatable bonds is 3. The summed E-state index contributed by atoms with van der Waals surface area (Å²) in [5, 5.41) is 9.85. The number of nitrogen functional groups attached to an aromatic ring is 1. The summed E-state index contributed by atoms with van der Waals surface area (Å²) in [5.41, 5.74) is 15.9. The first-order valence-electron chi connectivity index (χ1n) is 7.62. The first-order chi connectivity index (χ1) is 11.8. The number of aromatic nitrogens is 3. The number of primary amides is 1. The summed E-state index contributed by atoms with van der Waals surface area (Å²) in [4.78, 5) is 21.0. The zero-order valence-electron chi connectivity index (χ0n) is 14.1. The predicted octanol–water partition coefficient (Wildman–Crippen LogP) is 2.17. The molecule has 0 aliphatic heterocycles. The lowest BCUT2D eigenvalue weighted by Crippen LogP contribution is -2.14. The normalized spacial score (nSPS) is 11.2. The van der Waals surface area contributed by atoms with E-state index in [0.29, 0.717) is 38.8 Å². The van der Waals surface area contributed by atoms with E-state index in [1.807, 2.05) is 19.9 Å². The minimum absolute atomic E-state index is 0.107. The van der Waals surface area contributed by atoms with Crippen LogP contribution in [-0.2, 0) is 6.61 Å². The number of carbonyl (C=O) groups is 1. The second-order valence-electron chi connectivity index (χ2n) is 5.89. The topological polar surface area (TPSA) is 120 Å². The molecule has 0 saturated heterocycles.